The zero-order valence-electron chi connectivity index (χ0n) is 11.4. The molecule has 2 rings (SSSR count). The van der Waals surface area contributed by atoms with Gasteiger partial charge in [-0.05, 0) is 42.2 Å². The average Bonchev–Trinajstić information content (AvgIpc) is 2.31. The number of hydrogen-bond acceptors (Lipinski definition) is 3. The molecule has 2 unspecified atom stereocenters. The number of nitrogens with one attached hydrogen (secondary N) is 1. The topological polar surface area (TPSA) is 32.3 Å². The van der Waals surface area contributed by atoms with Gasteiger partial charge in [0.05, 0.1) is 0 Å². The van der Waals surface area contributed by atoms with Crippen LogP contribution in [-0.2, 0) is 0 Å². The van der Waals surface area contributed by atoms with Gasteiger partial charge in [-0.25, -0.2) is 0 Å². The fraction of sp³-hybridized carbons (Fsp3) is 0.600. The second kappa shape index (κ2) is 5.54. The predicted octanol–water partition coefficient (Wildman–Crippen LogP) is 3.57. The Labute approximate surface area is 114 Å². The fourth-order valence-electron chi connectivity index (χ4n) is 2.40. The van der Waals surface area contributed by atoms with Crippen LogP contribution in [0.1, 0.15) is 38.8 Å². The molecule has 100 valence electrons. The molecule has 1 aliphatic heterocycles. The Morgan fingerprint density at radius 2 is 2.22 bits per heavy atom. The third-order valence-electron chi connectivity index (χ3n) is 3.94. The summed E-state index contributed by atoms with van der Waals surface area (Å²) < 4.78 is 0. The summed E-state index contributed by atoms with van der Waals surface area (Å²) in [5, 5.41) is 13.3. The summed E-state index contributed by atoms with van der Waals surface area (Å²) in [6.45, 7) is 6.86. The maximum Gasteiger partial charge on any atom is 0.115 e. The minimum Gasteiger partial charge on any atom is -0.508 e. The van der Waals surface area contributed by atoms with Gasteiger partial charge in [0, 0.05) is 17.8 Å². The predicted molar refractivity (Wildman–Crippen MR) is 79.2 cm³/mol. The van der Waals surface area contributed by atoms with Gasteiger partial charge in [-0.15, -0.1) is 0 Å². The number of rotatable bonds is 3. The zero-order valence-corrected chi connectivity index (χ0v) is 12.3. The van der Waals surface area contributed by atoms with E-state index in [1.54, 1.807) is 6.07 Å². The lowest BCUT2D eigenvalue weighted by Crippen LogP contribution is -2.47. The van der Waals surface area contributed by atoms with Gasteiger partial charge < -0.3 is 10.4 Å². The molecule has 0 spiro atoms. The van der Waals surface area contributed by atoms with Gasteiger partial charge in [-0.3, -0.25) is 0 Å². The molecular weight excluding hydrogens is 242 g/mol. The average molecular weight is 265 g/mol. The van der Waals surface area contributed by atoms with Gasteiger partial charge in [0.2, 0.25) is 0 Å². The van der Waals surface area contributed by atoms with Crippen LogP contribution in [0.5, 0.6) is 5.75 Å². The largest absolute Gasteiger partial charge is 0.508 e. The molecule has 1 fully saturated rings. The lowest BCUT2D eigenvalue weighted by atomic mass is 9.81. The van der Waals surface area contributed by atoms with E-state index in [4.69, 9.17) is 0 Å². The second-order valence-corrected chi connectivity index (χ2v) is 7.00. The van der Waals surface area contributed by atoms with Gasteiger partial charge in [0.15, 0.2) is 0 Å². The van der Waals surface area contributed by atoms with E-state index in [0.717, 1.165) is 5.56 Å². The van der Waals surface area contributed by atoms with Crippen LogP contribution in [-0.4, -0.2) is 22.7 Å². The Morgan fingerprint density at radius 1 is 1.44 bits per heavy atom. The van der Waals surface area contributed by atoms with E-state index in [-0.39, 0.29) is 6.04 Å². The molecule has 18 heavy (non-hydrogen) atoms. The summed E-state index contributed by atoms with van der Waals surface area (Å²) in [5.74, 6) is 2.79. The SMILES string of the molecule is CC(NC1CSCCC1(C)C)c1cccc(O)c1. The lowest BCUT2D eigenvalue weighted by molar-refractivity contribution is 0.232. The maximum atomic E-state index is 9.54. The first-order chi connectivity index (χ1) is 8.49. The van der Waals surface area contributed by atoms with Crippen LogP contribution in [0.25, 0.3) is 0 Å². The van der Waals surface area contributed by atoms with E-state index in [2.05, 4.69) is 32.2 Å². The van der Waals surface area contributed by atoms with Crippen molar-refractivity contribution in [1.29, 1.82) is 0 Å². The summed E-state index contributed by atoms with van der Waals surface area (Å²) in [4.78, 5) is 0. The van der Waals surface area contributed by atoms with Crippen molar-refractivity contribution in [3.8, 4) is 5.75 Å². The van der Waals surface area contributed by atoms with Crippen LogP contribution >= 0.6 is 11.8 Å². The van der Waals surface area contributed by atoms with Crippen LogP contribution < -0.4 is 5.32 Å². The molecule has 0 saturated carbocycles. The van der Waals surface area contributed by atoms with Gasteiger partial charge in [0.25, 0.3) is 0 Å². The van der Waals surface area contributed by atoms with Crippen molar-refractivity contribution in [3.05, 3.63) is 29.8 Å². The van der Waals surface area contributed by atoms with E-state index in [9.17, 15) is 5.11 Å². The van der Waals surface area contributed by atoms with E-state index in [1.807, 2.05) is 23.9 Å². The summed E-state index contributed by atoms with van der Waals surface area (Å²) in [6.07, 6.45) is 1.27. The minimum absolute atomic E-state index is 0.278. The highest BCUT2D eigenvalue weighted by molar-refractivity contribution is 7.99. The highest BCUT2D eigenvalue weighted by atomic mass is 32.2. The van der Waals surface area contributed by atoms with Crippen LogP contribution in [0, 0.1) is 5.41 Å². The number of aromatic hydroxyl groups is 1. The van der Waals surface area contributed by atoms with Gasteiger partial charge >= 0.3 is 0 Å². The van der Waals surface area contributed by atoms with E-state index in [0.29, 0.717) is 17.2 Å². The molecular formula is C15H23NOS. The van der Waals surface area contributed by atoms with E-state index in [1.165, 1.54) is 17.9 Å². The highest BCUT2D eigenvalue weighted by Crippen LogP contribution is 2.35. The molecule has 1 aromatic carbocycles. The van der Waals surface area contributed by atoms with Crippen molar-refractivity contribution in [3.63, 3.8) is 0 Å². The van der Waals surface area contributed by atoms with Gasteiger partial charge in [-0.2, -0.15) is 11.8 Å². The standard InChI is InChI=1S/C15H23NOS/c1-11(12-5-4-6-13(17)9-12)16-14-10-18-8-7-15(14,2)3/h4-6,9,11,14,16-17H,7-8,10H2,1-3H3. The van der Waals surface area contributed by atoms with Crippen molar-refractivity contribution < 1.29 is 5.11 Å². The molecule has 1 aliphatic rings. The quantitative estimate of drug-likeness (QED) is 0.876. The normalized spacial score (nSPS) is 24.7. The number of hydrogen-bond donors (Lipinski definition) is 2. The van der Waals surface area contributed by atoms with E-state index < -0.39 is 0 Å². The lowest BCUT2D eigenvalue weighted by Gasteiger charge is -2.40. The maximum absolute atomic E-state index is 9.54. The smallest absolute Gasteiger partial charge is 0.115 e. The molecule has 2 nitrogen and oxygen atoms in total. The van der Waals surface area contributed by atoms with Gasteiger partial charge in [0.1, 0.15) is 5.75 Å². The highest BCUT2D eigenvalue weighted by Gasteiger charge is 2.33. The number of thioether (sulfide) groups is 1. The Balaban J connectivity index is 2.04. The molecule has 0 bridgehead atoms. The molecule has 1 aromatic rings. The summed E-state index contributed by atoms with van der Waals surface area (Å²) in [6, 6.07) is 8.36. The first-order valence-electron chi connectivity index (χ1n) is 6.62. The Morgan fingerprint density at radius 3 is 2.89 bits per heavy atom. The van der Waals surface area contributed by atoms with Crippen LogP contribution in [0.2, 0.25) is 0 Å². The summed E-state index contributed by atoms with van der Waals surface area (Å²) in [7, 11) is 0. The molecule has 0 aromatic heterocycles. The third kappa shape index (κ3) is 3.21. The van der Waals surface area contributed by atoms with Crippen molar-refractivity contribution in [2.45, 2.75) is 39.3 Å². The van der Waals surface area contributed by atoms with Crippen molar-refractivity contribution in [2.75, 3.05) is 11.5 Å². The van der Waals surface area contributed by atoms with Crippen molar-refractivity contribution >= 4 is 11.8 Å². The second-order valence-electron chi connectivity index (χ2n) is 5.85. The van der Waals surface area contributed by atoms with Crippen molar-refractivity contribution in [1.82, 2.24) is 5.32 Å². The number of phenolic OH excluding ortho intramolecular Hbond substituents is 1. The Bertz CT molecular complexity index is 405. The Kier molecular flexibility index (Phi) is 4.23. The van der Waals surface area contributed by atoms with Gasteiger partial charge in [-0.1, -0.05) is 26.0 Å². The molecule has 1 saturated heterocycles. The molecule has 1 heterocycles. The van der Waals surface area contributed by atoms with Crippen molar-refractivity contribution in [2.24, 2.45) is 5.41 Å². The molecule has 2 N–H and O–H groups in total. The monoisotopic (exact) mass is 265 g/mol. The third-order valence-corrected chi connectivity index (χ3v) is 5.00. The summed E-state index contributed by atoms with van der Waals surface area (Å²) in [5.41, 5.74) is 1.51. The van der Waals surface area contributed by atoms with Crippen LogP contribution in [0.15, 0.2) is 24.3 Å². The Hall–Kier alpha value is -0.670. The van der Waals surface area contributed by atoms with E-state index >= 15 is 0 Å². The minimum atomic E-state index is 0.278. The van der Waals surface area contributed by atoms with Crippen LogP contribution in [0.3, 0.4) is 0 Å². The molecule has 0 radical (unpaired) electrons. The number of benzene rings is 1. The van der Waals surface area contributed by atoms with Crippen LogP contribution in [0.4, 0.5) is 0 Å². The summed E-state index contributed by atoms with van der Waals surface area (Å²) >= 11 is 2.03. The molecule has 0 amide bonds. The zero-order chi connectivity index (χ0) is 13.2. The first kappa shape index (κ1) is 13.8. The number of phenols is 1. The fourth-order valence-corrected chi connectivity index (χ4v) is 4.02. The molecule has 3 heteroatoms. The molecule has 2 atom stereocenters. The molecule has 0 aliphatic carbocycles. The first-order valence-corrected chi connectivity index (χ1v) is 7.77.